The number of anilines is 1. The van der Waals surface area contributed by atoms with Crippen molar-refractivity contribution in [3.05, 3.63) is 48.4 Å². The Morgan fingerprint density at radius 2 is 1.61 bits per heavy atom. The van der Waals surface area contributed by atoms with Gasteiger partial charge in [0, 0.05) is 19.3 Å². The van der Waals surface area contributed by atoms with Gasteiger partial charge in [-0.1, -0.05) is 62.4 Å². The lowest BCUT2D eigenvalue weighted by Crippen LogP contribution is -2.59. The number of benzene rings is 1. The van der Waals surface area contributed by atoms with Gasteiger partial charge in [0.25, 0.3) is 0 Å². The number of nitrogens with zero attached hydrogens (tertiary/aromatic N) is 3. The van der Waals surface area contributed by atoms with Gasteiger partial charge < -0.3 is 30.2 Å². The maximum absolute atomic E-state index is 13.7. The fraction of sp³-hybridized carbons (Fsp3) is 0.606. The first kappa shape index (κ1) is 33.0. The molecule has 2 heterocycles. The molecule has 44 heavy (non-hydrogen) atoms. The van der Waals surface area contributed by atoms with Crippen molar-refractivity contribution in [2.45, 2.75) is 109 Å². The second-order valence-electron chi connectivity index (χ2n) is 13.6. The highest BCUT2D eigenvalue weighted by atomic mass is 16.6. The standard InChI is InChI=1S/C33H48N6O5/c1-32(2,3)44-31(43)37-33(4,5)30(42)35-25(20-23-14-8-6-9-15-23)28(40)36-26-21-39(22-34-26)27(24-16-10-7-11-17-24)29(41)38-18-12-13-19-38/h7,10-11,16-17,21-23,25,27H,6,8-9,12-15,18-20H2,1-5H3,(H,35,42)(H,36,40)(H,37,43). The summed E-state index contributed by atoms with van der Waals surface area (Å²) in [6.07, 6.45) is 10.3. The van der Waals surface area contributed by atoms with Crippen molar-refractivity contribution < 1.29 is 23.9 Å². The van der Waals surface area contributed by atoms with E-state index in [4.69, 9.17) is 4.74 Å². The number of carbonyl (C=O) groups excluding carboxylic acids is 4. The smallest absolute Gasteiger partial charge is 0.408 e. The predicted molar refractivity (Wildman–Crippen MR) is 168 cm³/mol. The number of rotatable bonds is 10. The van der Waals surface area contributed by atoms with Crippen LogP contribution in [-0.2, 0) is 19.1 Å². The van der Waals surface area contributed by atoms with Crippen LogP contribution in [-0.4, -0.2) is 68.5 Å². The first-order chi connectivity index (χ1) is 20.8. The Bertz CT molecular complexity index is 1290. The molecule has 4 rings (SSSR count). The van der Waals surface area contributed by atoms with Crippen LogP contribution >= 0.6 is 0 Å². The van der Waals surface area contributed by atoms with E-state index in [1.165, 1.54) is 6.42 Å². The molecule has 1 aromatic heterocycles. The Balaban J connectivity index is 1.50. The van der Waals surface area contributed by atoms with Crippen molar-refractivity contribution in [3.8, 4) is 0 Å². The molecule has 4 amide bonds. The minimum atomic E-state index is -1.33. The Kier molecular flexibility index (Phi) is 10.7. The molecular formula is C33H48N6O5. The lowest BCUT2D eigenvalue weighted by Gasteiger charge is -2.31. The summed E-state index contributed by atoms with van der Waals surface area (Å²) in [5.41, 5.74) is -1.21. The molecule has 1 aromatic carbocycles. The van der Waals surface area contributed by atoms with Gasteiger partial charge in [-0.25, -0.2) is 9.78 Å². The number of likely N-dealkylation sites (tertiary alicyclic amines) is 1. The topological polar surface area (TPSA) is 135 Å². The van der Waals surface area contributed by atoms with Crippen LogP contribution in [0.5, 0.6) is 0 Å². The van der Waals surface area contributed by atoms with Gasteiger partial charge in [0.1, 0.15) is 23.2 Å². The second-order valence-corrected chi connectivity index (χ2v) is 13.6. The van der Waals surface area contributed by atoms with Crippen LogP contribution in [0, 0.1) is 5.92 Å². The van der Waals surface area contributed by atoms with Crippen LogP contribution in [0.2, 0.25) is 0 Å². The van der Waals surface area contributed by atoms with Crippen molar-refractivity contribution >= 4 is 29.6 Å². The number of ether oxygens (including phenoxy) is 1. The van der Waals surface area contributed by atoms with Crippen molar-refractivity contribution in [1.82, 2.24) is 25.1 Å². The van der Waals surface area contributed by atoms with Crippen molar-refractivity contribution in [2.75, 3.05) is 18.4 Å². The lowest BCUT2D eigenvalue weighted by atomic mass is 9.84. The van der Waals surface area contributed by atoms with E-state index in [0.29, 0.717) is 18.2 Å². The van der Waals surface area contributed by atoms with Gasteiger partial charge in [0.2, 0.25) is 17.7 Å². The largest absolute Gasteiger partial charge is 0.444 e. The molecule has 1 saturated carbocycles. The molecule has 11 heteroatoms. The number of aromatic nitrogens is 2. The highest BCUT2D eigenvalue weighted by Gasteiger charge is 2.36. The maximum atomic E-state index is 13.7. The quantitative estimate of drug-likeness (QED) is 0.355. The predicted octanol–water partition coefficient (Wildman–Crippen LogP) is 4.79. The molecule has 11 nitrogen and oxygen atoms in total. The zero-order valence-electron chi connectivity index (χ0n) is 26.7. The highest BCUT2D eigenvalue weighted by Crippen LogP contribution is 2.28. The number of amides is 4. The summed E-state index contributed by atoms with van der Waals surface area (Å²) in [6, 6.07) is 8.09. The number of hydrogen-bond acceptors (Lipinski definition) is 6. The number of nitrogens with one attached hydrogen (secondary N) is 3. The maximum Gasteiger partial charge on any atom is 0.408 e. The third-order valence-electron chi connectivity index (χ3n) is 8.21. The molecule has 2 unspecified atom stereocenters. The number of imidazole rings is 1. The van der Waals surface area contributed by atoms with Gasteiger partial charge in [-0.3, -0.25) is 14.4 Å². The third kappa shape index (κ3) is 9.06. The van der Waals surface area contributed by atoms with E-state index < -0.39 is 41.1 Å². The van der Waals surface area contributed by atoms with Gasteiger partial charge in [0.05, 0.1) is 6.33 Å². The minimum Gasteiger partial charge on any atom is -0.444 e. The molecule has 1 aliphatic heterocycles. The van der Waals surface area contributed by atoms with Crippen LogP contribution in [0.1, 0.15) is 97.6 Å². The average Bonchev–Trinajstić information content (AvgIpc) is 3.65. The summed E-state index contributed by atoms with van der Waals surface area (Å²) in [5, 5.41) is 8.38. The number of hydrogen-bond donors (Lipinski definition) is 3. The first-order valence-electron chi connectivity index (χ1n) is 15.8. The van der Waals surface area contributed by atoms with E-state index >= 15 is 0 Å². The van der Waals surface area contributed by atoms with Crippen molar-refractivity contribution in [2.24, 2.45) is 5.92 Å². The Labute approximate surface area is 260 Å². The monoisotopic (exact) mass is 608 g/mol. The molecule has 0 bridgehead atoms. The van der Waals surface area contributed by atoms with E-state index in [-0.39, 0.29) is 5.91 Å². The van der Waals surface area contributed by atoms with Gasteiger partial charge >= 0.3 is 6.09 Å². The summed E-state index contributed by atoms with van der Waals surface area (Å²) in [6.45, 7) is 9.83. The Morgan fingerprint density at radius 1 is 0.955 bits per heavy atom. The molecule has 2 aliphatic rings. The van der Waals surface area contributed by atoms with E-state index in [0.717, 1.165) is 57.2 Å². The molecule has 240 valence electrons. The summed E-state index contributed by atoms with van der Waals surface area (Å²) in [5.74, 6) is -0.320. The number of carbonyl (C=O) groups is 4. The van der Waals surface area contributed by atoms with E-state index in [9.17, 15) is 19.2 Å². The minimum absolute atomic E-state index is 0.00821. The second kappa shape index (κ2) is 14.3. The fourth-order valence-electron chi connectivity index (χ4n) is 5.89. The molecular weight excluding hydrogens is 560 g/mol. The van der Waals surface area contributed by atoms with Crippen LogP contribution in [0.4, 0.5) is 10.6 Å². The molecule has 0 spiro atoms. The van der Waals surface area contributed by atoms with E-state index in [1.807, 2.05) is 35.2 Å². The average molecular weight is 609 g/mol. The molecule has 3 N–H and O–H groups in total. The zero-order chi connectivity index (χ0) is 31.9. The molecule has 2 fully saturated rings. The van der Waals surface area contributed by atoms with Gasteiger partial charge in [0.15, 0.2) is 5.82 Å². The van der Waals surface area contributed by atoms with E-state index in [1.54, 1.807) is 51.7 Å². The van der Waals surface area contributed by atoms with Crippen LogP contribution < -0.4 is 16.0 Å². The fourth-order valence-corrected chi connectivity index (χ4v) is 5.89. The van der Waals surface area contributed by atoms with Crippen molar-refractivity contribution in [1.29, 1.82) is 0 Å². The summed E-state index contributed by atoms with van der Waals surface area (Å²) in [7, 11) is 0. The summed E-state index contributed by atoms with van der Waals surface area (Å²) in [4.78, 5) is 59.4. The van der Waals surface area contributed by atoms with Gasteiger partial charge in [-0.05, 0) is 65.4 Å². The third-order valence-corrected chi connectivity index (χ3v) is 8.21. The van der Waals surface area contributed by atoms with Gasteiger partial charge in [-0.2, -0.15) is 0 Å². The van der Waals surface area contributed by atoms with Crippen LogP contribution in [0.25, 0.3) is 0 Å². The molecule has 2 aromatic rings. The van der Waals surface area contributed by atoms with Crippen LogP contribution in [0.15, 0.2) is 42.9 Å². The molecule has 1 saturated heterocycles. The zero-order valence-corrected chi connectivity index (χ0v) is 26.7. The van der Waals surface area contributed by atoms with E-state index in [2.05, 4.69) is 20.9 Å². The Hall–Kier alpha value is -3.89. The molecule has 2 atom stereocenters. The molecule has 0 radical (unpaired) electrons. The summed E-state index contributed by atoms with van der Waals surface area (Å²) < 4.78 is 7.06. The Morgan fingerprint density at radius 3 is 2.25 bits per heavy atom. The highest BCUT2D eigenvalue weighted by molar-refractivity contribution is 5.98. The SMILES string of the molecule is CC(C)(C)OC(=O)NC(C)(C)C(=O)NC(CC1CCCCC1)C(=O)Nc1cn(C(C(=O)N2CCCC2)c2ccccc2)cn1. The lowest BCUT2D eigenvalue weighted by molar-refractivity contribution is -0.132. The number of alkyl carbamates (subject to hydrolysis) is 1. The van der Waals surface area contributed by atoms with Crippen molar-refractivity contribution in [3.63, 3.8) is 0 Å². The molecule has 1 aliphatic carbocycles. The normalized spacial score (nSPS) is 17.4. The van der Waals surface area contributed by atoms with Crippen LogP contribution in [0.3, 0.4) is 0 Å². The summed E-state index contributed by atoms with van der Waals surface area (Å²) >= 11 is 0. The van der Waals surface area contributed by atoms with Gasteiger partial charge in [-0.15, -0.1) is 0 Å². The first-order valence-corrected chi connectivity index (χ1v) is 15.8.